The lowest BCUT2D eigenvalue weighted by molar-refractivity contribution is -0.0644. The second-order valence-electron chi connectivity index (χ2n) is 7.78. The number of hydrogen-bond acceptors (Lipinski definition) is 5. The van der Waals surface area contributed by atoms with Gasteiger partial charge in [0, 0.05) is 22.6 Å². The molecule has 0 bridgehead atoms. The molecule has 0 saturated heterocycles. The van der Waals surface area contributed by atoms with E-state index in [1.165, 1.54) is 12.8 Å². The number of nitrogens with zero attached hydrogens (tertiary/aromatic N) is 1. The number of aliphatic imine (C=N–C) groups is 1. The molecule has 2 unspecified atom stereocenters. The standard InChI is InChI=1S/C19H23BrN2O3/c20-12-3-5-16-14(7-12)19(10-24-18(21)22-19)15-8-13(4-6-17(15)25-16)23-9-11-1-2-11/h3,5,7,11,13,15,17H,1-2,4,6,8-10H2,(H2,21,22)/t13?,15-,17-,19?/m0/s1. The van der Waals surface area contributed by atoms with Gasteiger partial charge in [-0.2, -0.15) is 0 Å². The molecule has 25 heavy (non-hydrogen) atoms. The van der Waals surface area contributed by atoms with Crippen LogP contribution in [-0.2, 0) is 15.0 Å². The maximum absolute atomic E-state index is 6.36. The molecule has 0 amide bonds. The summed E-state index contributed by atoms with van der Waals surface area (Å²) >= 11 is 3.58. The number of halogens is 1. The quantitative estimate of drug-likeness (QED) is 0.835. The summed E-state index contributed by atoms with van der Waals surface area (Å²) in [6.45, 7) is 1.39. The van der Waals surface area contributed by atoms with Gasteiger partial charge in [-0.15, -0.1) is 0 Å². The van der Waals surface area contributed by atoms with Crippen molar-refractivity contribution in [2.45, 2.75) is 49.9 Å². The Morgan fingerprint density at radius 1 is 1.28 bits per heavy atom. The van der Waals surface area contributed by atoms with Crippen molar-refractivity contribution in [2.75, 3.05) is 13.2 Å². The molecule has 2 N–H and O–H groups in total. The van der Waals surface area contributed by atoms with Crippen LogP contribution in [0.5, 0.6) is 5.75 Å². The van der Waals surface area contributed by atoms with E-state index in [0.29, 0.717) is 6.61 Å². The minimum Gasteiger partial charge on any atom is -0.490 e. The molecule has 4 atom stereocenters. The van der Waals surface area contributed by atoms with Crippen LogP contribution in [0.4, 0.5) is 0 Å². The highest BCUT2D eigenvalue weighted by atomic mass is 79.9. The molecule has 4 aliphatic rings. The molecule has 6 heteroatoms. The van der Waals surface area contributed by atoms with Crippen LogP contribution in [-0.4, -0.2) is 31.4 Å². The number of fused-ring (bicyclic) bond motifs is 4. The van der Waals surface area contributed by atoms with Crippen LogP contribution < -0.4 is 10.5 Å². The van der Waals surface area contributed by atoms with Gasteiger partial charge < -0.3 is 19.9 Å². The van der Waals surface area contributed by atoms with E-state index in [9.17, 15) is 0 Å². The third-order valence-corrected chi connectivity index (χ3v) is 6.55. The SMILES string of the molecule is NC1=NC2(CO1)c1cc(Br)ccc1O[C@H]1CCC(OCC3CC3)C[C@@H]12. The molecule has 0 aromatic heterocycles. The van der Waals surface area contributed by atoms with Crippen molar-refractivity contribution in [1.82, 2.24) is 0 Å². The number of rotatable bonds is 3. The summed E-state index contributed by atoms with van der Waals surface area (Å²) in [7, 11) is 0. The van der Waals surface area contributed by atoms with Gasteiger partial charge >= 0.3 is 0 Å². The molecule has 2 aliphatic carbocycles. The Morgan fingerprint density at radius 2 is 2.16 bits per heavy atom. The first-order valence-electron chi connectivity index (χ1n) is 9.20. The van der Waals surface area contributed by atoms with E-state index in [4.69, 9.17) is 24.9 Å². The minimum absolute atomic E-state index is 0.146. The molecule has 2 saturated carbocycles. The van der Waals surface area contributed by atoms with Crippen LogP contribution in [0.25, 0.3) is 0 Å². The highest BCUT2D eigenvalue weighted by molar-refractivity contribution is 9.10. The van der Waals surface area contributed by atoms with E-state index in [0.717, 1.165) is 47.6 Å². The van der Waals surface area contributed by atoms with E-state index in [1.54, 1.807) is 0 Å². The lowest BCUT2D eigenvalue weighted by atomic mass is 9.67. The van der Waals surface area contributed by atoms with Crippen LogP contribution in [0.3, 0.4) is 0 Å². The molecular formula is C19H23BrN2O3. The van der Waals surface area contributed by atoms with Gasteiger partial charge in [0.2, 0.25) is 0 Å². The fraction of sp³-hybridized carbons (Fsp3) is 0.632. The van der Waals surface area contributed by atoms with E-state index in [2.05, 4.69) is 22.0 Å². The summed E-state index contributed by atoms with van der Waals surface area (Å²) in [4.78, 5) is 4.80. The second kappa shape index (κ2) is 5.88. The molecule has 2 aliphatic heterocycles. The summed E-state index contributed by atoms with van der Waals surface area (Å²) in [5, 5.41) is 0. The van der Waals surface area contributed by atoms with E-state index in [1.807, 2.05) is 12.1 Å². The highest BCUT2D eigenvalue weighted by Crippen LogP contribution is 2.53. The number of ether oxygens (including phenoxy) is 3. The van der Waals surface area contributed by atoms with Gasteiger partial charge in [-0.3, -0.25) is 0 Å². The maximum Gasteiger partial charge on any atom is 0.283 e. The van der Waals surface area contributed by atoms with E-state index < -0.39 is 5.54 Å². The predicted molar refractivity (Wildman–Crippen MR) is 97.6 cm³/mol. The predicted octanol–water partition coefficient (Wildman–Crippen LogP) is 3.35. The normalized spacial score (nSPS) is 36.2. The third-order valence-electron chi connectivity index (χ3n) is 6.05. The first-order valence-corrected chi connectivity index (χ1v) is 10.00. The lowest BCUT2D eigenvalue weighted by Crippen LogP contribution is -2.52. The Hall–Kier alpha value is -1.27. The molecule has 1 aromatic carbocycles. The zero-order chi connectivity index (χ0) is 17.0. The van der Waals surface area contributed by atoms with E-state index in [-0.39, 0.29) is 24.1 Å². The van der Waals surface area contributed by atoms with Crippen LogP contribution >= 0.6 is 15.9 Å². The van der Waals surface area contributed by atoms with Crippen LogP contribution in [0.1, 0.15) is 37.7 Å². The molecular weight excluding hydrogens is 384 g/mol. The van der Waals surface area contributed by atoms with Crippen molar-refractivity contribution >= 4 is 22.0 Å². The first-order chi connectivity index (χ1) is 12.1. The van der Waals surface area contributed by atoms with Crippen LogP contribution in [0.2, 0.25) is 0 Å². The minimum atomic E-state index is -0.451. The Morgan fingerprint density at radius 3 is 2.92 bits per heavy atom. The first kappa shape index (κ1) is 15.9. The average molecular weight is 407 g/mol. The Balaban J connectivity index is 1.49. The van der Waals surface area contributed by atoms with Crippen molar-refractivity contribution in [1.29, 1.82) is 0 Å². The zero-order valence-electron chi connectivity index (χ0n) is 14.1. The Labute approximate surface area is 156 Å². The van der Waals surface area contributed by atoms with Gasteiger partial charge in [-0.1, -0.05) is 15.9 Å². The Kier molecular flexibility index (Phi) is 3.75. The Bertz CT molecular complexity index is 721. The fourth-order valence-corrected chi connectivity index (χ4v) is 4.90. The number of benzene rings is 1. The highest BCUT2D eigenvalue weighted by Gasteiger charge is 2.55. The van der Waals surface area contributed by atoms with Crippen molar-refractivity contribution in [3.8, 4) is 5.75 Å². The molecule has 1 aromatic rings. The van der Waals surface area contributed by atoms with Crippen molar-refractivity contribution < 1.29 is 14.2 Å². The largest absolute Gasteiger partial charge is 0.490 e. The average Bonchev–Trinajstić information content (AvgIpc) is 3.36. The van der Waals surface area contributed by atoms with Gasteiger partial charge in [0.05, 0.1) is 6.10 Å². The van der Waals surface area contributed by atoms with Crippen LogP contribution in [0.15, 0.2) is 27.7 Å². The molecule has 2 heterocycles. The van der Waals surface area contributed by atoms with Crippen molar-refractivity contribution in [3.63, 3.8) is 0 Å². The maximum atomic E-state index is 6.36. The van der Waals surface area contributed by atoms with Crippen LogP contribution in [0, 0.1) is 11.8 Å². The summed E-state index contributed by atoms with van der Waals surface area (Å²) in [5.41, 5.74) is 6.57. The van der Waals surface area contributed by atoms with Gasteiger partial charge in [0.15, 0.2) is 0 Å². The van der Waals surface area contributed by atoms with Gasteiger partial charge in [-0.25, -0.2) is 4.99 Å². The monoisotopic (exact) mass is 406 g/mol. The molecule has 2 fully saturated rings. The molecule has 1 spiro atoms. The topological polar surface area (TPSA) is 66.1 Å². The number of nitrogens with two attached hydrogens (primary N) is 1. The van der Waals surface area contributed by atoms with Gasteiger partial charge in [0.1, 0.15) is 24.0 Å². The number of hydrogen-bond donors (Lipinski definition) is 1. The number of amidine groups is 1. The summed E-state index contributed by atoms with van der Waals surface area (Å²) in [6.07, 6.45) is 6.07. The molecule has 0 radical (unpaired) electrons. The summed E-state index contributed by atoms with van der Waals surface area (Å²) in [5.74, 6) is 1.92. The third kappa shape index (κ3) is 2.74. The van der Waals surface area contributed by atoms with E-state index >= 15 is 0 Å². The fourth-order valence-electron chi connectivity index (χ4n) is 4.53. The van der Waals surface area contributed by atoms with Gasteiger partial charge in [-0.05, 0) is 56.2 Å². The molecule has 5 nitrogen and oxygen atoms in total. The van der Waals surface area contributed by atoms with Gasteiger partial charge in [0.25, 0.3) is 6.02 Å². The smallest absolute Gasteiger partial charge is 0.283 e. The molecule has 5 rings (SSSR count). The zero-order valence-corrected chi connectivity index (χ0v) is 15.7. The summed E-state index contributed by atoms with van der Waals surface area (Å²) in [6, 6.07) is 6.43. The summed E-state index contributed by atoms with van der Waals surface area (Å²) < 4.78 is 19.2. The lowest BCUT2D eigenvalue weighted by Gasteiger charge is -2.47. The van der Waals surface area contributed by atoms with Crippen molar-refractivity contribution in [2.24, 2.45) is 22.6 Å². The molecule has 134 valence electrons. The second-order valence-corrected chi connectivity index (χ2v) is 8.69. The van der Waals surface area contributed by atoms with Crippen molar-refractivity contribution in [3.05, 3.63) is 28.2 Å².